The first-order valence-electron chi connectivity index (χ1n) is 6.66. The van der Waals surface area contributed by atoms with Crippen molar-refractivity contribution in [3.63, 3.8) is 0 Å². The van der Waals surface area contributed by atoms with Crippen molar-refractivity contribution in [3.05, 3.63) is 53.1 Å². The number of rotatable bonds is 4. The van der Waals surface area contributed by atoms with Gasteiger partial charge >= 0.3 is 0 Å². The van der Waals surface area contributed by atoms with Crippen molar-refractivity contribution in [2.45, 2.75) is 25.7 Å². The number of anilines is 2. The molecular formula is C17H18N2S. The van der Waals surface area contributed by atoms with Crippen LogP contribution in [0.4, 0.5) is 11.4 Å². The molecule has 0 fully saturated rings. The third-order valence-corrected chi connectivity index (χ3v) is 4.25. The monoisotopic (exact) mass is 282 g/mol. The van der Waals surface area contributed by atoms with Crippen LogP contribution in [0.15, 0.2) is 41.3 Å². The van der Waals surface area contributed by atoms with E-state index in [1.54, 1.807) is 11.8 Å². The molecule has 0 saturated carbocycles. The lowest BCUT2D eigenvalue weighted by molar-refractivity contribution is 1.31. The summed E-state index contributed by atoms with van der Waals surface area (Å²) in [7, 11) is 0. The fourth-order valence-corrected chi connectivity index (χ4v) is 2.84. The minimum atomic E-state index is 0.722. The standard InChI is InChI=1S/C17H18N2S/c1-4-20-17-10-6-9-16(14(17)11-18)19-15-8-5-7-12(2)13(15)3/h5-10,19H,4H2,1-3H3. The molecule has 0 saturated heterocycles. The molecule has 0 aromatic heterocycles. The summed E-state index contributed by atoms with van der Waals surface area (Å²) in [5, 5.41) is 12.8. The van der Waals surface area contributed by atoms with E-state index in [2.05, 4.69) is 38.2 Å². The highest BCUT2D eigenvalue weighted by Gasteiger charge is 2.09. The number of nitriles is 1. The summed E-state index contributed by atoms with van der Waals surface area (Å²) in [6.07, 6.45) is 0. The first-order valence-corrected chi connectivity index (χ1v) is 7.65. The highest BCUT2D eigenvalue weighted by molar-refractivity contribution is 7.99. The van der Waals surface area contributed by atoms with E-state index in [0.29, 0.717) is 0 Å². The van der Waals surface area contributed by atoms with Gasteiger partial charge in [0.1, 0.15) is 6.07 Å². The zero-order valence-corrected chi connectivity index (χ0v) is 12.8. The summed E-state index contributed by atoms with van der Waals surface area (Å²) in [5.74, 6) is 0.960. The zero-order chi connectivity index (χ0) is 14.5. The van der Waals surface area contributed by atoms with Gasteiger partial charge < -0.3 is 5.32 Å². The van der Waals surface area contributed by atoms with Gasteiger partial charge in [-0.2, -0.15) is 5.26 Å². The summed E-state index contributed by atoms with van der Waals surface area (Å²) < 4.78 is 0. The van der Waals surface area contributed by atoms with Gasteiger partial charge in [-0.25, -0.2) is 0 Å². The Morgan fingerprint density at radius 1 is 1.10 bits per heavy atom. The molecule has 0 aliphatic rings. The Morgan fingerprint density at radius 3 is 2.50 bits per heavy atom. The summed E-state index contributed by atoms with van der Waals surface area (Å²) in [6.45, 7) is 6.28. The normalized spacial score (nSPS) is 10.1. The third kappa shape index (κ3) is 2.97. The van der Waals surface area contributed by atoms with Gasteiger partial charge in [0.2, 0.25) is 0 Å². The molecular weight excluding hydrogens is 264 g/mol. The Labute approximate surface area is 124 Å². The number of nitrogens with one attached hydrogen (secondary N) is 1. The van der Waals surface area contributed by atoms with Crippen LogP contribution in [0.3, 0.4) is 0 Å². The SMILES string of the molecule is CCSc1cccc(Nc2cccc(C)c2C)c1C#N. The van der Waals surface area contributed by atoms with Gasteiger partial charge in [0.05, 0.1) is 11.3 Å². The van der Waals surface area contributed by atoms with E-state index in [1.165, 1.54) is 11.1 Å². The molecule has 2 nitrogen and oxygen atoms in total. The predicted octanol–water partition coefficient (Wildman–Crippen LogP) is 5.03. The Kier molecular flexibility index (Phi) is 4.70. The highest BCUT2D eigenvalue weighted by Crippen LogP contribution is 2.31. The van der Waals surface area contributed by atoms with Crippen LogP contribution >= 0.6 is 11.8 Å². The molecule has 0 aliphatic carbocycles. The van der Waals surface area contributed by atoms with Crippen LogP contribution in [0.5, 0.6) is 0 Å². The molecule has 0 unspecified atom stereocenters. The van der Waals surface area contributed by atoms with Crippen LogP contribution in [0.1, 0.15) is 23.6 Å². The second kappa shape index (κ2) is 6.49. The summed E-state index contributed by atoms with van der Waals surface area (Å²) in [6, 6.07) is 14.4. The number of thioether (sulfide) groups is 1. The maximum Gasteiger partial charge on any atom is 0.103 e. The molecule has 0 bridgehead atoms. The Bertz CT molecular complexity index is 657. The summed E-state index contributed by atoms with van der Waals surface area (Å²) >= 11 is 1.70. The Balaban J connectivity index is 2.41. The van der Waals surface area contributed by atoms with Gasteiger partial charge in [0, 0.05) is 10.6 Å². The molecule has 0 spiro atoms. The van der Waals surface area contributed by atoms with Crippen LogP contribution in [0.2, 0.25) is 0 Å². The topological polar surface area (TPSA) is 35.8 Å². The van der Waals surface area contributed by atoms with E-state index in [9.17, 15) is 5.26 Å². The first-order chi connectivity index (χ1) is 9.67. The average Bonchev–Trinajstić information content (AvgIpc) is 2.44. The van der Waals surface area contributed by atoms with Crippen molar-refractivity contribution < 1.29 is 0 Å². The predicted molar refractivity (Wildman–Crippen MR) is 86.8 cm³/mol. The summed E-state index contributed by atoms with van der Waals surface area (Å²) in [5.41, 5.74) is 5.11. The van der Waals surface area contributed by atoms with Gasteiger partial charge in [0.15, 0.2) is 0 Å². The number of hydrogen-bond acceptors (Lipinski definition) is 3. The number of nitrogens with zero attached hydrogens (tertiary/aromatic N) is 1. The minimum Gasteiger partial charge on any atom is -0.354 e. The van der Waals surface area contributed by atoms with Crippen molar-refractivity contribution >= 4 is 23.1 Å². The summed E-state index contributed by atoms with van der Waals surface area (Å²) in [4.78, 5) is 1.03. The van der Waals surface area contributed by atoms with Gasteiger partial charge in [-0.3, -0.25) is 0 Å². The smallest absolute Gasteiger partial charge is 0.103 e. The molecule has 0 radical (unpaired) electrons. The number of benzene rings is 2. The van der Waals surface area contributed by atoms with E-state index in [4.69, 9.17) is 0 Å². The lowest BCUT2D eigenvalue weighted by atomic mass is 10.1. The van der Waals surface area contributed by atoms with Crippen LogP contribution in [0.25, 0.3) is 0 Å². The van der Waals surface area contributed by atoms with Gasteiger partial charge in [-0.05, 0) is 48.9 Å². The second-order valence-electron chi connectivity index (χ2n) is 4.60. The van der Waals surface area contributed by atoms with Crippen LogP contribution in [-0.4, -0.2) is 5.75 Å². The maximum atomic E-state index is 9.42. The van der Waals surface area contributed by atoms with E-state index in [0.717, 1.165) is 27.6 Å². The molecule has 3 heteroatoms. The number of hydrogen-bond donors (Lipinski definition) is 1. The molecule has 0 heterocycles. The fraction of sp³-hybridized carbons (Fsp3) is 0.235. The number of aryl methyl sites for hydroxylation is 1. The van der Waals surface area contributed by atoms with Crippen LogP contribution in [-0.2, 0) is 0 Å². The lowest BCUT2D eigenvalue weighted by Crippen LogP contribution is -1.98. The fourth-order valence-electron chi connectivity index (χ4n) is 2.06. The van der Waals surface area contributed by atoms with Gasteiger partial charge in [-0.1, -0.05) is 25.1 Å². The quantitative estimate of drug-likeness (QED) is 0.799. The molecule has 1 N–H and O–H groups in total. The molecule has 20 heavy (non-hydrogen) atoms. The lowest BCUT2D eigenvalue weighted by Gasteiger charge is -2.14. The van der Waals surface area contributed by atoms with Crippen molar-refractivity contribution in [3.8, 4) is 6.07 Å². The van der Waals surface area contributed by atoms with E-state index >= 15 is 0 Å². The molecule has 2 rings (SSSR count). The van der Waals surface area contributed by atoms with Crippen molar-refractivity contribution in [1.29, 1.82) is 5.26 Å². The highest BCUT2D eigenvalue weighted by atomic mass is 32.2. The van der Waals surface area contributed by atoms with E-state index < -0.39 is 0 Å². The Hall–Kier alpha value is -1.92. The van der Waals surface area contributed by atoms with Crippen molar-refractivity contribution in [1.82, 2.24) is 0 Å². The average molecular weight is 282 g/mol. The molecule has 2 aromatic rings. The third-order valence-electron chi connectivity index (χ3n) is 3.31. The van der Waals surface area contributed by atoms with E-state index in [-0.39, 0.29) is 0 Å². The second-order valence-corrected chi connectivity index (χ2v) is 5.90. The molecule has 2 aromatic carbocycles. The first kappa shape index (κ1) is 14.5. The van der Waals surface area contributed by atoms with Crippen LogP contribution < -0.4 is 5.32 Å². The Morgan fingerprint density at radius 2 is 1.80 bits per heavy atom. The largest absolute Gasteiger partial charge is 0.354 e. The molecule has 102 valence electrons. The maximum absolute atomic E-state index is 9.42. The van der Waals surface area contributed by atoms with E-state index in [1.807, 2.05) is 30.3 Å². The van der Waals surface area contributed by atoms with Crippen molar-refractivity contribution in [2.75, 3.05) is 11.1 Å². The van der Waals surface area contributed by atoms with Crippen LogP contribution in [0, 0.1) is 25.2 Å². The molecule has 0 atom stereocenters. The molecule has 0 amide bonds. The van der Waals surface area contributed by atoms with Gasteiger partial charge in [0.25, 0.3) is 0 Å². The zero-order valence-electron chi connectivity index (χ0n) is 12.0. The molecule has 0 aliphatic heterocycles. The minimum absolute atomic E-state index is 0.722. The van der Waals surface area contributed by atoms with Crippen molar-refractivity contribution in [2.24, 2.45) is 0 Å². The van der Waals surface area contributed by atoms with Gasteiger partial charge in [-0.15, -0.1) is 11.8 Å².